The Morgan fingerprint density at radius 2 is 1.81 bits per heavy atom. The summed E-state index contributed by atoms with van der Waals surface area (Å²) >= 11 is 0.875. The predicted octanol–water partition coefficient (Wildman–Crippen LogP) is 6.95. The van der Waals surface area contributed by atoms with Crippen molar-refractivity contribution < 1.29 is 22.7 Å². The number of carbonyl (C=O) groups is 1. The average Bonchev–Trinajstić information content (AvgIpc) is 3.27. The molecule has 1 aliphatic carbocycles. The number of amides is 1. The number of methoxy groups -OCH3 is 1. The van der Waals surface area contributed by atoms with E-state index in [1.807, 2.05) is 6.07 Å². The molecule has 2 aromatic carbocycles. The predicted molar refractivity (Wildman–Crippen MR) is 139 cm³/mol. The number of halogens is 3. The van der Waals surface area contributed by atoms with Crippen LogP contribution in [0.3, 0.4) is 0 Å². The molecule has 0 unspecified atom stereocenters. The summed E-state index contributed by atoms with van der Waals surface area (Å²) in [5, 5.41) is -0.0601. The number of ether oxygens (including phenoxy) is 1. The first-order valence-electron chi connectivity index (χ1n) is 12.1. The second-order valence-electron chi connectivity index (χ2n) is 9.22. The SMILES string of the molecule is COc1ccc(-c2cncc(F)c2)cc1CN(C(=O)c1sc2c(F)ccc(F)c2c1N)C1CCCCC1. The smallest absolute Gasteiger partial charge is 0.266 e. The highest BCUT2D eigenvalue weighted by Gasteiger charge is 2.31. The number of carbonyl (C=O) groups excluding carboxylic acids is 1. The van der Waals surface area contributed by atoms with Gasteiger partial charge in [-0.15, -0.1) is 11.3 Å². The molecule has 0 aliphatic heterocycles. The fourth-order valence-electron chi connectivity index (χ4n) is 5.04. The second kappa shape index (κ2) is 10.4. The Morgan fingerprint density at radius 1 is 1.05 bits per heavy atom. The molecule has 2 heterocycles. The molecule has 0 atom stereocenters. The van der Waals surface area contributed by atoms with E-state index in [0.717, 1.165) is 72.9 Å². The molecule has 0 radical (unpaired) electrons. The van der Waals surface area contributed by atoms with Crippen LogP contribution in [0.25, 0.3) is 21.2 Å². The van der Waals surface area contributed by atoms with Crippen molar-refractivity contribution in [3.63, 3.8) is 0 Å². The quantitative estimate of drug-likeness (QED) is 0.296. The number of nitrogen functional groups attached to an aromatic ring is 1. The van der Waals surface area contributed by atoms with Crippen LogP contribution in [0.2, 0.25) is 0 Å². The topological polar surface area (TPSA) is 68.5 Å². The number of hydrogen-bond acceptors (Lipinski definition) is 5. The zero-order valence-corrected chi connectivity index (χ0v) is 21.1. The molecule has 0 bridgehead atoms. The third-order valence-corrected chi connectivity index (χ3v) is 8.11. The lowest BCUT2D eigenvalue weighted by Gasteiger charge is -2.35. The first-order valence-corrected chi connectivity index (χ1v) is 12.9. The largest absolute Gasteiger partial charge is 0.496 e. The van der Waals surface area contributed by atoms with Crippen LogP contribution in [0.15, 0.2) is 48.8 Å². The van der Waals surface area contributed by atoms with Crippen LogP contribution >= 0.6 is 11.3 Å². The maximum atomic E-state index is 14.5. The van der Waals surface area contributed by atoms with E-state index in [1.165, 1.54) is 6.07 Å². The van der Waals surface area contributed by atoms with Crippen LogP contribution in [0.5, 0.6) is 5.75 Å². The Labute approximate surface area is 216 Å². The first-order chi connectivity index (χ1) is 17.9. The molecule has 5 rings (SSSR count). The molecular formula is C28H26F3N3O2S. The molecule has 1 fully saturated rings. The lowest BCUT2D eigenvalue weighted by Crippen LogP contribution is -2.41. The maximum absolute atomic E-state index is 14.5. The van der Waals surface area contributed by atoms with Gasteiger partial charge in [-0.1, -0.05) is 25.3 Å². The summed E-state index contributed by atoms with van der Waals surface area (Å²) in [6, 6.07) is 8.82. The molecule has 1 saturated carbocycles. The minimum atomic E-state index is -0.661. The Morgan fingerprint density at radius 3 is 2.51 bits per heavy atom. The number of pyridine rings is 1. The van der Waals surface area contributed by atoms with Crippen LogP contribution in [-0.4, -0.2) is 28.9 Å². The minimum Gasteiger partial charge on any atom is -0.496 e. The molecule has 5 nitrogen and oxygen atoms in total. The highest BCUT2D eigenvalue weighted by molar-refractivity contribution is 7.21. The summed E-state index contributed by atoms with van der Waals surface area (Å²) in [4.78, 5) is 19.8. The van der Waals surface area contributed by atoms with Gasteiger partial charge < -0.3 is 15.4 Å². The standard InChI is InChI=1S/C28H26F3N3O2S/c1-36-23-10-7-16(17-12-19(29)14-33-13-17)11-18(23)15-34(20-5-3-2-4-6-20)28(35)27-25(32)24-21(30)8-9-22(31)26(24)37-27/h7-14,20H,2-6,15,32H2,1H3. The number of hydrogen-bond donors (Lipinski definition) is 1. The van der Waals surface area contributed by atoms with Gasteiger partial charge in [-0.2, -0.15) is 0 Å². The summed E-state index contributed by atoms with van der Waals surface area (Å²) in [5.41, 5.74) is 8.23. The average molecular weight is 526 g/mol. The van der Waals surface area contributed by atoms with Crippen molar-refractivity contribution in [2.45, 2.75) is 44.7 Å². The zero-order chi connectivity index (χ0) is 26.1. The third-order valence-electron chi connectivity index (χ3n) is 6.91. The third kappa shape index (κ3) is 4.87. The lowest BCUT2D eigenvalue weighted by atomic mass is 9.93. The second-order valence-corrected chi connectivity index (χ2v) is 10.2. The summed E-state index contributed by atoms with van der Waals surface area (Å²) in [5.74, 6) is -1.53. The van der Waals surface area contributed by atoms with E-state index in [2.05, 4.69) is 4.98 Å². The number of benzene rings is 2. The number of nitrogens with zero attached hydrogens (tertiary/aromatic N) is 2. The molecule has 37 heavy (non-hydrogen) atoms. The lowest BCUT2D eigenvalue weighted by molar-refractivity contribution is 0.0618. The molecule has 9 heteroatoms. The van der Waals surface area contributed by atoms with Gasteiger partial charge in [0.05, 0.1) is 29.1 Å². The fraction of sp³-hybridized carbons (Fsp3) is 0.286. The number of thiophene rings is 1. The number of aromatic nitrogens is 1. The van der Waals surface area contributed by atoms with Crippen molar-refractivity contribution in [1.82, 2.24) is 9.88 Å². The molecule has 4 aromatic rings. The Balaban J connectivity index is 1.57. The first kappa shape index (κ1) is 25.1. The normalized spacial score (nSPS) is 14.2. The van der Waals surface area contributed by atoms with Crippen molar-refractivity contribution in [3.05, 3.63) is 76.7 Å². The van der Waals surface area contributed by atoms with Gasteiger partial charge in [0.1, 0.15) is 28.1 Å². The van der Waals surface area contributed by atoms with E-state index >= 15 is 0 Å². The van der Waals surface area contributed by atoms with Crippen molar-refractivity contribution in [2.24, 2.45) is 0 Å². The zero-order valence-electron chi connectivity index (χ0n) is 20.3. The van der Waals surface area contributed by atoms with E-state index in [0.29, 0.717) is 11.3 Å². The maximum Gasteiger partial charge on any atom is 0.266 e. The van der Waals surface area contributed by atoms with Crippen molar-refractivity contribution in [3.8, 4) is 16.9 Å². The molecule has 1 amide bonds. The van der Waals surface area contributed by atoms with Crippen LogP contribution in [-0.2, 0) is 6.54 Å². The summed E-state index contributed by atoms with van der Waals surface area (Å²) in [6.07, 6.45) is 7.38. The summed E-state index contributed by atoms with van der Waals surface area (Å²) < 4.78 is 48.4. The van der Waals surface area contributed by atoms with Gasteiger partial charge in [0.15, 0.2) is 0 Å². The van der Waals surface area contributed by atoms with E-state index in [1.54, 1.807) is 30.3 Å². The molecule has 2 N–H and O–H groups in total. The molecule has 2 aromatic heterocycles. The number of fused-ring (bicyclic) bond motifs is 1. The van der Waals surface area contributed by atoms with E-state index in [-0.39, 0.29) is 39.1 Å². The number of anilines is 1. The molecule has 0 spiro atoms. The highest BCUT2D eigenvalue weighted by Crippen LogP contribution is 2.39. The monoisotopic (exact) mass is 525 g/mol. The highest BCUT2D eigenvalue weighted by atomic mass is 32.1. The molecule has 0 saturated heterocycles. The van der Waals surface area contributed by atoms with Crippen LogP contribution in [0.4, 0.5) is 18.9 Å². The molecular weight excluding hydrogens is 499 g/mol. The van der Waals surface area contributed by atoms with Gasteiger partial charge in [-0.25, -0.2) is 13.2 Å². The van der Waals surface area contributed by atoms with Gasteiger partial charge in [-0.05, 0) is 48.7 Å². The van der Waals surface area contributed by atoms with Crippen LogP contribution < -0.4 is 10.5 Å². The van der Waals surface area contributed by atoms with Gasteiger partial charge in [0.25, 0.3) is 5.91 Å². The Bertz CT molecular complexity index is 1470. The Hall–Kier alpha value is -3.59. The Kier molecular flexibility index (Phi) is 7.06. The van der Waals surface area contributed by atoms with Crippen molar-refractivity contribution in [1.29, 1.82) is 0 Å². The van der Waals surface area contributed by atoms with E-state index in [4.69, 9.17) is 10.5 Å². The number of rotatable bonds is 6. The van der Waals surface area contributed by atoms with Gasteiger partial charge in [0.2, 0.25) is 0 Å². The molecule has 1 aliphatic rings. The summed E-state index contributed by atoms with van der Waals surface area (Å²) in [6.45, 7) is 0.196. The summed E-state index contributed by atoms with van der Waals surface area (Å²) in [7, 11) is 1.55. The number of nitrogens with two attached hydrogens (primary N) is 1. The van der Waals surface area contributed by atoms with Gasteiger partial charge in [-0.3, -0.25) is 9.78 Å². The van der Waals surface area contributed by atoms with Crippen LogP contribution in [0, 0.1) is 17.5 Å². The van der Waals surface area contributed by atoms with Gasteiger partial charge in [0, 0.05) is 29.9 Å². The van der Waals surface area contributed by atoms with Gasteiger partial charge >= 0.3 is 0 Å². The molecule has 192 valence electrons. The fourth-order valence-corrected chi connectivity index (χ4v) is 6.13. The van der Waals surface area contributed by atoms with Crippen molar-refractivity contribution >= 4 is 33.0 Å². The van der Waals surface area contributed by atoms with E-state index < -0.39 is 17.5 Å². The minimum absolute atomic E-state index is 0.0302. The van der Waals surface area contributed by atoms with Crippen LogP contribution in [0.1, 0.15) is 47.3 Å². The van der Waals surface area contributed by atoms with E-state index in [9.17, 15) is 18.0 Å². The van der Waals surface area contributed by atoms with Crippen molar-refractivity contribution in [2.75, 3.05) is 12.8 Å².